The van der Waals surface area contributed by atoms with Crippen molar-refractivity contribution in [2.24, 2.45) is 5.92 Å². The minimum absolute atomic E-state index is 0.0786. The van der Waals surface area contributed by atoms with E-state index in [4.69, 9.17) is 10.5 Å². The van der Waals surface area contributed by atoms with Gasteiger partial charge in [0.2, 0.25) is 15.9 Å². The van der Waals surface area contributed by atoms with Crippen LogP contribution < -0.4 is 0 Å². The van der Waals surface area contributed by atoms with Crippen molar-refractivity contribution in [1.82, 2.24) is 9.21 Å². The van der Waals surface area contributed by atoms with Crippen LogP contribution in [0, 0.1) is 28.6 Å². The Balaban J connectivity index is 1.64. The third-order valence-electron chi connectivity index (χ3n) is 5.81. The number of piperidine rings is 1. The highest BCUT2D eigenvalue weighted by Crippen LogP contribution is 2.29. The van der Waals surface area contributed by atoms with E-state index in [-0.39, 0.29) is 24.7 Å². The van der Waals surface area contributed by atoms with E-state index in [9.17, 15) is 13.2 Å². The van der Waals surface area contributed by atoms with Crippen LogP contribution in [0.25, 0.3) is 0 Å². The lowest BCUT2D eigenvalue weighted by atomic mass is 9.96. The maximum atomic E-state index is 13.0. The molecule has 0 atom stereocenters. The normalized spacial score (nSPS) is 17.3. The highest BCUT2D eigenvalue weighted by atomic mass is 32.2. The van der Waals surface area contributed by atoms with Gasteiger partial charge in [-0.1, -0.05) is 6.07 Å². The molecule has 0 aromatic heterocycles. The van der Waals surface area contributed by atoms with Crippen molar-refractivity contribution in [3.8, 4) is 12.1 Å². The molecule has 1 aromatic carbocycles. The van der Waals surface area contributed by atoms with Crippen LogP contribution in [0.5, 0.6) is 0 Å². The summed E-state index contributed by atoms with van der Waals surface area (Å²) in [6, 6.07) is 9.49. The van der Waals surface area contributed by atoms with Gasteiger partial charge in [-0.15, -0.1) is 0 Å². The molecule has 1 aliphatic heterocycles. The van der Waals surface area contributed by atoms with Crippen LogP contribution >= 0.6 is 0 Å². The molecule has 1 aliphatic carbocycles. The monoisotopic (exact) mass is 414 g/mol. The van der Waals surface area contributed by atoms with Crippen LogP contribution in [0.2, 0.25) is 0 Å². The molecule has 0 spiro atoms. The van der Waals surface area contributed by atoms with Crippen LogP contribution in [0.4, 0.5) is 0 Å². The van der Waals surface area contributed by atoms with Crippen LogP contribution in [0.15, 0.2) is 23.1 Å². The lowest BCUT2D eigenvalue weighted by Gasteiger charge is -2.33. The number of hydrogen-bond acceptors (Lipinski definition) is 5. The van der Waals surface area contributed by atoms with Gasteiger partial charge in [0.25, 0.3) is 0 Å². The molecule has 29 heavy (non-hydrogen) atoms. The van der Waals surface area contributed by atoms with E-state index in [1.54, 1.807) is 17.0 Å². The first kappa shape index (κ1) is 21.3. The van der Waals surface area contributed by atoms with Gasteiger partial charge >= 0.3 is 0 Å². The lowest BCUT2D eigenvalue weighted by Crippen LogP contribution is -2.44. The fourth-order valence-corrected chi connectivity index (χ4v) is 5.68. The van der Waals surface area contributed by atoms with E-state index in [0.29, 0.717) is 43.9 Å². The van der Waals surface area contributed by atoms with Crippen molar-refractivity contribution in [2.75, 3.05) is 26.2 Å². The average Bonchev–Trinajstić information content (AvgIpc) is 3.21. The summed E-state index contributed by atoms with van der Waals surface area (Å²) >= 11 is 0. The SMILES string of the molecule is N#CCCN(CCC#N)C(=O)C1CCN(S(=O)(=O)c2ccc3c(c2)CCC3)CC1. The third-order valence-corrected chi connectivity index (χ3v) is 7.70. The van der Waals surface area contributed by atoms with Crippen LogP contribution in [-0.2, 0) is 27.7 Å². The quantitative estimate of drug-likeness (QED) is 0.680. The summed E-state index contributed by atoms with van der Waals surface area (Å²) in [6.45, 7) is 1.23. The summed E-state index contributed by atoms with van der Waals surface area (Å²) < 4.78 is 27.6. The highest BCUT2D eigenvalue weighted by molar-refractivity contribution is 7.89. The van der Waals surface area contributed by atoms with E-state index in [1.807, 2.05) is 18.2 Å². The molecule has 0 bridgehead atoms. The van der Waals surface area contributed by atoms with Crippen molar-refractivity contribution >= 4 is 15.9 Å². The number of nitrogens with zero attached hydrogens (tertiary/aromatic N) is 4. The van der Waals surface area contributed by atoms with E-state index in [1.165, 1.54) is 9.87 Å². The van der Waals surface area contributed by atoms with Gasteiger partial charge in [0, 0.05) is 32.1 Å². The Bertz CT molecular complexity index is 920. The van der Waals surface area contributed by atoms with E-state index < -0.39 is 10.0 Å². The number of sulfonamides is 1. The summed E-state index contributed by atoms with van der Waals surface area (Å²) in [5.74, 6) is -0.344. The Morgan fingerprint density at radius 1 is 1.07 bits per heavy atom. The number of carbonyl (C=O) groups excluding carboxylic acids is 1. The summed E-state index contributed by atoms with van der Waals surface area (Å²) in [4.78, 5) is 14.7. The Morgan fingerprint density at radius 3 is 2.31 bits per heavy atom. The summed E-state index contributed by atoms with van der Waals surface area (Å²) in [7, 11) is -3.56. The summed E-state index contributed by atoms with van der Waals surface area (Å²) in [5, 5.41) is 17.6. The zero-order chi connectivity index (χ0) is 20.9. The molecule has 1 heterocycles. The first-order valence-corrected chi connectivity index (χ1v) is 11.6. The first-order chi connectivity index (χ1) is 14.0. The predicted octanol–water partition coefficient (Wildman–Crippen LogP) is 2.23. The predicted molar refractivity (Wildman–Crippen MR) is 107 cm³/mol. The largest absolute Gasteiger partial charge is 0.340 e. The van der Waals surface area contributed by atoms with E-state index in [2.05, 4.69) is 0 Å². The molecule has 0 saturated carbocycles. The smallest absolute Gasteiger partial charge is 0.243 e. The maximum absolute atomic E-state index is 13.0. The molecule has 1 aromatic rings. The van der Waals surface area contributed by atoms with Crippen molar-refractivity contribution in [3.05, 3.63) is 29.3 Å². The van der Waals surface area contributed by atoms with Crippen molar-refractivity contribution in [2.45, 2.75) is 49.8 Å². The molecule has 2 aliphatic rings. The molecule has 1 saturated heterocycles. The first-order valence-electron chi connectivity index (χ1n) is 10.1. The topological polar surface area (TPSA) is 105 Å². The second kappa shape index (κ2) is 9.39. The zero-order valence-corrected chi connectivity index (χ0v) is 17.3. The second-order valence-electron chi connectivity index (χ2n) is 7.60. The molecule has 3 rings (SSSR count). The van der Waals surface area contributed by atoms with Gasteiger partial charge in [0.05, 0.1) is 29.9 Å². The molecule has 154 valence electrons. The number of aryl methyl sites for hydroxylation is 2. The van der Waals surface area contributed by atoms with E-state index >= 15 is 0 Å². The number of hydrogen-bond donors (Lipinski definition) is 0. The number of rotatable bonds is 7. The lowest BCUT2D eigenvalue weighted by molar-refractivity contribution is -0.136. The zero-order valence-electron chi connectivity index (χ0n) is 16.5. The Kier molecular flexibility index (Phi) is 6.89. The highest BCUT2D eigenvalue weighted by Gasteiger charge is 2.34. The fraction of sp³-hybridized carbons (Fsp3) is 0.571. The van der Waals surface area contributed by atoms with E-state index in [0.717, 1.165) is 24.8 Å². The van der Waals surface area contributed by atoms with Crippen LogP contribution in [0.3, 0.4) is 0 Å². The van der Waals surface area contributed by atoms with Gasteiger partial charge < -0.3 is 4.90 Å². The molecule has 8 heteroatoms. The average molecular weight is 415 g/mol. The summed E-state index contributed by atoms with van der Waals surface area (Å²) in [6.07, 6.45) is 4.37. The van der Waals surface area contributed by atoms with Crippen LogP contribution in [-0.4, -0.2) is 49.7 Å². The minimum Gasteiger partial charge on any atom is -0.340 e. The van der Waals surface area contributed by atoms with Gasteiger partial charge in [0.1, 0.15) is 0 Å². The number of amides is 1. The molecule has 1 fully saturated rings. The van der Waals surface area contributed by atoms with Crippen molar-refractivity contribution in [1.29, 1.82) is 10.5 Å². The standard InChI is InChI=1S/C21H26N4O3S/c22-10-2-12-24(13-3-11-23)21(26)18-8-14-25(15-9-18)29(27,28)20-7-6-17-4-1-5-19(17)16-20/h6-7,16,18H,1-5,8-9,12-15H2. The molecule has 0 N–H and O–H groups in total. The fourth-order valence-electron chi connectivity index (χ4n) is 4.16. The molecule has 1 amide bonds. The Labute approximate surface area is 172 Å². The maximum Gasteiger partial charge on any atom is 0.243 e. The molecular formula is C21H26N4O3S. The molecule has 7 nitrogen and oxygen atoms in total. The third kappa shape index (κ3) is 4.77. The van der Waals surface area contributed by atoms with Gasteiger partial charge in [0.15, 0.2) is 0 Å². The van der Waals surface area contributed by atoms with Gasteiger partial charge in [-0.3, -0.25) is 4.79 Å². The van der Waals surface area contributed by atoms with Crippen molar-refractivity contribution < 1.29 is 13.2 Å². The van der Waals surface area contributed by atoms with Gasteiger partial charge in [-0.25, -0.2) is 8.42 Å². The number of nitriles is 2. The van der Waals surface area contributed by atoms with Crippen LogP contribution in [0.1, 0.15) is 43.2 Å². The van der Waals surface area contributed by atoms with Gasteiger partial charge in [-0.05, 0) is 55.4 Å². The minimum atomic E-state index is -3.56. The molecule has 0 unspecified atom stereocenters. The molecular weight excluding hydrogens is 388 g/mol. The number of carbonyl (C=O) groups is 1. The van der Waals surface area contributed by atoms with Gasteiger partial charge in [-0.2, -0.15) is 14.8 Å². The summed E-state index contributed by atoms with van der Waals surface area (Å²) in [5.41, 5.74) is 2.37. The van der Waals surface area contributed by atoms with Crippen molar-refractivity contribution in [3.63, 3.8) is 0 Å². The Hall–Kier alpha value is -2.42. The molecule has 0 radical (unpaired) electrons. The second-order valence-corrected chi connectivity index (χ2v) is 9.54. The Morgan fingerprint density at radius 2 is 1.69 bits per heavy atom. The number of fused-ring (bicyclic) bond motifs is 1. The number of benzene rings is 1.